The lowest BCUT2D eigenvalue weighted by atomic mass is 10.0. The highest BCUT2D eigenvalue weighted by Gasteiger charge is 2.23. The lowest BCUT2D eigenvalue weighted by Crippen LogP contribution is -2.10. The smallest absolute Gasteiger partial charge is 0.213 e. The first kappa shape index (κ1) is 37.3. The molecule has 314 valence electrons. The summed E-state index contributed by atoms with van der Waals surface area (Å²) in [7, 11) is 0. The predicted molar refractivity (Wildman–Crippen MR) is 276 cm³/mol. The minimum Gasteiger partial charge on any atom is -0.456 e. The molecule has 14 rings (SSSR count). The zero-order chi connectivity index (χ0) is 44.0. The molecule has 0 unspecified atom stereocenters. The Hall–Kier alpha value is -9.06. The molecule has 0 amide bonds. The number of rotatable bonds is 7. The molecule has 0 radical (unpaired) electrons. The van der Waals surface area contributed by atoms with Crippen molar-refractivity contribution in [2.45, 2.75) is 0 Å². The molecule has 5 nitrogen and oxygen atoms in total. The number of oxazole rings is 1. The van der Waals surface area contributed by atoms with E-state index in [1.807, 2.05) is 12.1 Å². The molecule has 5 heteroatoms. The number of nitrogens with zero attached hydrogens (tertiary/aromatic N) is 2. The van der Waals surface area contributed by atoms with Gasteiger partial charge in [0.05, 0.1) is 28.0 Å². The summed E-state index contributed by atoms with van der Waals surface area (Å²) in [6.07, 6.45) is 0. The van der Waals surface area contributed by atoms with Crippen LogP contribution in [0, 0.1) is 0 Å². The molecule has 0 spiro atoms. The third-order valence-corrected chi connectivity index (χ3v) is 13.4. The van der Waals surface area contributed by atoms with E-state index in [0.29, 0.717) is 0 Å². The minimum atomic E-state index is 0.802. The van der Waals surface area contributed by atoms with E-state index in [2.05, 4.69) is 228 Å². The van der Waals surface area contributed by atoms with Gasteiger partial charge in [0.1, 0.15) is 16.7 Å². The van der Waals surface area contributed by atoms with Crippen molar-refractivity contribution in [2.75, 3.05) is 4.90 Å². The van der Waals surface area contributed by atoms with Crippen LogP contribution in [-0.4, -0.2) is 4.40 Å². The lowest BCUT2D eigenvalue weighted by Gasteiger charge is -2.25. The standard InChI is InChI=1S/C62H38N2O3/c1-4-14-39(15-5-1)40-26-30-45(31-27-40)63(55-25-13-23-51-50-22-12-21-47(60(50)67-61(51)55)41-16-6-2-7-17-41)46-32-34-49-48-33-28-43(36-56(48)65-57(49)38-46)44-29-35-54-58(37-44)66-62-59(42-18-8-3-9-19-42)52-20-10-11-24-53(52)64(54)62/h1-38H. The van der Waals surface area contributed by atoms with Crippen molar-refractivity contribution >= 4 is 88.7 Å². The van der Waals surface area contributed by atoms with Crippen molar-refractivity contribution in [3.63, 3.8) is 0 Å². The molecule has 0 N–H and O–H groups in total. The van der Waals surface area contributed by atoms with Crippen LogP contribution in [0.2, 0.25) is 0 Å². The predicted octanol–water partition coefficient (Wildman–Crippen LogP) is 17.8. The summed E-state index contributed by atoms with van der Waals surface area (Å²) in [6.45, 7) is 0. The van der Waals surface area contributed by atoms with E-state index >= 15 is 0 Å². The van der Waals surface area contributed by atoms with Gasteiger partial charge in [-0.15, -0.1) is 0 Å². The number of aromatic nitrogens is 1. The maximum Gasteiger partial charge on any atom is 0.213 e. The molecule has 4 heterocycles. The molecule has 0 saturated carbocycles. The number of anilines is 3. The van der Waals surface area contributed by atoms with Gasteiger partial charge in [-0.25, -0.2) is 0 Å². The molecule has 0 aliphatic heterocycles. The number of para-hydroxylation sites is 3. The van der Waals surface area contributed by atoms with Crippen molar-refractivity contribution in [1.82, 2.24) is 4.40 Å². The summed E-state index contributed by atoms with van der Waals surface area (Å²) in [5.74, 6) is 0. The Kier molecular flexibility index (Phi) is 8.21. The van der Waals surface area contributed by atoms with Gasteiger partial charge in [-0.05, 0) is 94.0 Å². The maximum atomic E-state index is 6.99. The van der Waals surface area contributed by atoms with Gasteiger partial charge in [0.25, 0.3) is 0 Å². The van der Waals surface area contributed by atoms with Gasteiger partial charge in [0, 0.05) is 44.2 Å². The minimum absolute atomic E-state index is 0.802. The molecule has 0 aliphatic carbocycles. The molecular formula is C62H38N2O3. The van der Waals surface area contributed by atoms with Crippen LogP contribution in [0.1, 0.15) is 0 Å². The molecule has 14 aromatic rings. The second kappa shape index (κ2) is 14.7. The number of hydrogen-bond acceptors (Lipinski definition) is 4. The molecule has 10 aromatic carbocycles. The summed E-state index contributed by atoms with van der Waals surface area (Å²) >= 11 is 0. The van der Waals surface area contributed by atoms with Crippen molar-refractivity contribution in [2.24, 2.45) is 0 Å². The van der Waals surface area contributed by atoms with E-state index in [1.54, 1.807) is 0 Å². The summed E-state index contributed by atoms with van der Waals surface area (Å²) in [5, 5.41) is 5.42. The van der Waals surface area contributed by atoms with Crippen LogP contribution in [0.4, 0.5) is 17.1 Å². The summed E-state index contributed by atoms with van der Waals surface area (Å²) in [4.78, 5) is 2.28. The Balaban J connectivity index is 0.892. The Morgan fingerprint density at radius 3 is 1.66 bits per heavy atom. The van der Waals surface area contributed by atoms with Gasteiger partial charge in [-0.3, -0.25) is 4.40 Å². The highest BCUT2D eigenvalue weighted by molar-refractivity contribution is 6.14. The molecule has 67 heavy (non-hydrogen) atoms. The van der Waals surface area contributed by atoms with Crippen LogP contribution in [0.5, 0.6) is 0 Å². The van der Waals surface area contributed by atoms with Gasteiger partial charge < -0.3 is 18.2 Å². The fourth-order valence-electron chi connectivity index (χ4n) is 10.3. The van der Waals surface area contributed by atoms with Gasteiger partial charge >= 0.3 is 0 Å². The van der Waals surface area contributed by atoms with Crippen LogP contribution in [0.3, 0.4) is 0 Å². The van der Waals surface area contributed by atoms with Gasteiger partial charge in [0.2, 0.25) is 5.71 Å². The number of fused-ring (bicyclic) bond motifs is 11. The van der Waals surface area contributed by atoms with Gasteiger partial charge in [-0.1, -0.05) is 164 Å². The summed E-state index contributed by atoms with van der Waals surface area (Å²) < 4.78 is 22.8. The molecule has 0 atom stereocenters. The number of furan rings is 2. The molecule has 0 fully saturated rings. The van der Waals surface area contributed by atoms with Gasteiger partial charge in [0.15, 0.2) is 11.2 Å². The van der Waals surface area contributed by atoms with Crippen LogP contribution >= 0.6 is 0 Å². The average molecular weight is 859 g/mol. The highest BCUT2D eigenvalue weighted by atomic mass is 16.3. The largest absolute Gasteiger partial charge is 0.456 e. The van der Waals surface area contributed by atoms with E-state index in [0.717, 1.165) is 122 Å². The lowest BCUT2D eigenvalue weighted by molar-refractivity contribution is 0.658. The normalized spacial score (nSPS) is 11.9. The third-order valence-electron chi connectivity index (χ3n) is 13.4. The number of hydrogen-bond donors (Lipinski definition) is 0. The zero-order valence-corrected chi connectivity index (χ0v) is 36.1. The van der Waals surface area contributed by atoms with Crippen molar-refractivity contribution in [3.05, 3.63) is 231 Å². The average Bonchev–Trinajstić information content (AvgIpc) is 4.15. The topological polar surface area (TPSA) is 47.1 Å². The van der Waals surface area contributed by atoms with Crippen LogP contribution in [0.25, 0.3) is 116 Å². The monoisotopic (exact) mass is 858 g/mol. The second-order valence-electron chi connectivity index (χ2n) is 17.2. The number of benzene rings is 10. The van der Waals surface area contributed by atoms with E-state index in [-0.39, 0.29) is 0 Å². The molecule has 0 bridgehead atoms. The first-order valence-corrected chi connectivity index (χ1v) is 22.6. The van der Waals surface area contributed by atoms with E-state index in [1.165, 1.54) is 10.9 Å². The first-order valence-electron chi connectivity index (χ1n) is 22.6. The summed E-state index contributed by atoms with van der Waals surface area (Å²) in [5.41, 5.74) is 18.9. The SMILES string of the molecule is c1ccc(-c2ccc(N(c3ccc4c(c3)oc3cc(-c5ccc6c(c5)oc5c(-c7ccccc7)c7ccccc7n56)ccc34)c3cccc4c3oc3c(-c5ccccc5)cccc34)cc2)cc1. The zero-order valence-electron chi connectivity index (χ0n) is 36.1. The van der Waals surface area contributed by atoms with E-state index in [4.69, 9.17) is 13.3 Å². The second-order valence-corrected chi connectivity index (χ2v) is 17.2. The fourth-order valence-corrected chi connectivity index (χ4v) is 10.3. The van der Waals surface area contributed by atoms with E-state index < -0.39 is 0 Å². The van der Waals surface area contributed by atoms with Crippen LogP contribution in [-0.2, 0) is 0 Å². The molecule has 0 saturated heterocycles. The molecular weight excluding hydrogens is 821 g/mol. The van der Waals surface area contributed by atoms with Gasteiger partial charge in [-0.2, -0.15) is 0 Å². The Bertz CT molecular complexity index is 4200. The van der Waals surface area contributed by atoms with E-state index in [9.17, 15) is 0 Å². The van der Waals surface area contributed by atoms with Crippen LogP contribution < -0.4 is 4.90 Å². The summed E-state index contributed by atoms with van der Waals surface area (Å²) in [6, 6.07) is 81.1. The van der Waals surface area contributed by atoms with Crippen LogP contribution in [0.15, 0.2) is 244 Å². The van der Waals surface area contributed by atoms with Crippen molar-refractivity contribution < 1.29 is 13.3 Å². The van der Waals surface area contributed by atoms with Crippen molar-refractivity contribution in [1.29, 1.82) is 0 Å². The fraction of sp³-hybridized carbons (Fsp3) is 0. The Labute approximate surface area is 384 Å². The third kappa shape index (κ3) is 5.88. The molecule has 0 aliphatic rings. The maximum absolute atomic E-state index is 6.99. The Morgan fingerprint density at radius 1 is 0.313 bits per heavy atom. The first-order chi connectivity index (χ1) is 33.2. The quantitative estimate of drug-likeness (QED) is 0.160. The molecule has 4 aromatic heterocycles. The van der Waals surface area contributed by atoms with Crippen molar-refractivity contribution in [3.8, 4) is 44.5 Å². The highest BCUT2D eigenvalue weighted by Crippen LogP contribution is 2.46. The Morgan fingerprint density at radius 2 is 0.881 bits per heavy atom.